The van der Waals surface area contributed by atoms with Gasteiger partial charge in [-0.3, -0.25) is 0 Å². The summed E-state index contributed by atoms with van der Waals surface area (Å²) in [5.74, 6) is 2.45. The summed E-state index contributed by atoms with van der Waals surface area (Å²) >= 11 is 0. The Morgan fingerprint density at radius 3 is 2.93 bits per heavy atom. The van der Waals surface area contributed by atoms with Gasteiger partial charge in [-0.2, -0.15) is 0 Å². The van der Waals surface area contributed by atoms with Gasteiger partial charge in [0.15, 0.2) is 0 Å². The number of ether oxygens (including phenoxy) is 1. The van der Waals surface area contributed by atoms with Gasteiger partial charge in [0.2, 0.25) is 0 Å². The number of terminal acetylenes is 1. The highest BCUT2D eigenvalue weighted by Gasteiger charge is 2.16. The second-order valence-electron chi connectivity index (χ2n) is 3.23. The molecule has 0 aromatic heterocycles. The van der Waals surface area contributed by atoms with Crippen molar-refractivity contribution in [3.63, 3.8) is 0 Å². The number of nitrogens with zero attached hydrogens (tertiary/aromatic N) is 1. The molecule has 0 bridgehead atoms. The van der Waals surface area contributed by atoms with E-state index in [4.69, 9.17) is 11.2 Å². The molecule has 1 heterocycles. The molecule has 1 saturated heterocycles. The molecule has 0 radical (unpaired) electrons. The predicted octanol–water partition coefficient (Wildman–Crippen LogP) is -0.749. The quantitative estimate of drug-likeness (QED) is 0.474. The Kier molecular flexibility index (Phi) is 5.59. The Morgan fingerprint density at radius 2 is 2.27 bits per heavy atom. The van der Waals surface area contributed by atoms with Crippen LogP contribution in [0.4, 0.5) is 4.79 Å². The first kappa shape index (κ1) is 11.8. The molecule has 84 valence electrons. The number of carbonyl (C=O) groups is 1. The summed E-state index contributed by atoms with van der Waals surface area (Å²) in [4.78, 5) is 13.1. The van der Waals surface area contributed by atoms with Crippen molar-refractivity contribution in [3.05, 3.63) is 0 Å². The van der Waals surface area contributed by atoms with E-state index in [2.05, 4.69) is 16.6 Å². The zero-order valence-electron chi connectivity index (χ0n) is 8.79. The second-order valence-corrected chi connectivity index (χ2v) is 3.23. The SMILES string of the molecule is C#CCNCCOC(=O)N1CCNCC1. The molecule has 0 spiro atoms. The normalized spacial score (nSPS) is 15.8. The molecular weight excluding hydrogens is 194 g/mol. The van der Waals surface area contributed by atoms with Crippen LogP contribution < -0.4 is 10.6 Å². The van der Waals surface area contributed by atoms with Crippen LogP contribution in [0, 0.1) is 12.3 Å². The van der Waals surface area contributed by atoms with Crippen LogP contribution in [0.25, 0.3) is 0 Å². The van der Waals surface area contributed by atoms with Crippen molar-refractivity contribution in [1.82, 2.24) is 15.5 Å². The van der Waals surface area contributed by atoms with Gasteiger partial charge in [0.1, 0.15) is 6.61 Å². The largest absolute Gasteiger partial charge is 0.448 e. The molecule has 0 aromatic carbocycles. The number of hydrogen-bond donors (Lipinski definition) is 2. The van der Waals surface area contributed by atoms with Crippen molar-refractivity contribution in [1.29, 1.82) is 0 Å². The van der Waals surface area contributed by atoms with Crippen molar-refractivity contribution in [2.24, 2.45) is 0 Å². The van der Waals surface area contributed by atoms with Crippen LogP contribution in [0.15, 0.2) is 0 Å². The Hall–Kier alpha value is -1.25. The number of carbonyl (C=O) groups excluding carboxylic acids is 1. The molecule has 1 amide bonds. The summed E-state index contributed by atoms with van der Waals surface area (Å²) in [6, 6.07) is 0. The molecule has 1 fully saturated rings. The van der Waals surface area contributed by atoms with E-state index in [9.17, 15) is 4.79 Å². The monoisotopic (exact) mass is 211 g/mol. The van der Waals surface area contributed by atoms with E-state index in [0.717, 1.165) is 26.2 Å². The van der Waals surface area contributed by atoms with Crippen LogP contribution in [0.5, 0.6) is 0 Å². The van der Waals surface area contributed by atoms with Gasteiger partial charge in [-0.05, 0) is 0 Å². The van der Waals surface area contributed by atoms with Crippen LogP contribution in [0.1, 0.15) is 0 Å². The third-order valence-electron chi connectivity index (χ3n) is 2.11. The summed E-state index contributed by atoms with van der Waals surface area (Å²) in [5, 5.41) is 6.12. The standard InChI is InChI=1S/C10H17N3O2/c1-2-3-11-6-9-15-10(14)13-7-4-12-5-8-13/h1,11-12H,3-9H2. The molecule has 0 aliphatic carbocycles. The van der Waals surface area contributed by atoms with Gasteiger partial charge in [-0.25, -0.2) is 4.79 Å². The van der Waals surface area contributed by atoms with Crippen LogP contribution in [-0.2, 0) is 4.74 Å². The van der Waals surface area contributed by atoms with Crippen molar-refractivity contribution in [2.45, 2.75) is 0 Å². The minimum absolute atomic E-state index is 0.237. The van der Waals surface area contributed by atoms with Gasteiger partial charge in [0, 0.05) is 32.7 Å². The Morgan fingerprint density at radius 1 is 1.53 bits per heavy atom. The van der Waals surface area contributed by atoms with Crippen molar-refractivity contribution in [2.75, 3.05) is 45.9 Å². The summed E-state index contributed by atoms with van der Waals surface area (Å²) in [7, 11) is 0. The predicted molar refractivity (Wildman–Crippen MR) is 57.5 cm³/mol. The molecule has 5 heteroatoms. The van der Waals surface area contributed by atoms with Crippen molar-refractivity contribution < 1.29 is 9.53 Å². The minimum atomic E-state index is -0.237. The van der Waals surface area contributed by atoms with Gasteiger partial charge in [-0.15, -0.1) is 6.42 Å². The van der Waals surface area contributed by atoms with E-state index in [1.165, 1.54) is 0 Å². The third kappa shape index (κ3) is 4.68. The van der Waals surface area contributed by atoms with Crippen LogP contribution in [0.3, 0.4) is 0 Å². The number of nitrogens with one attached hydrogen (secondary N) is 2. The molecule has 0 aromatic rings. The lowest BCUT2D eigenvalue weighted by molar-refractivity contribution is 0.0986. The lowest BCUT2D eigenvalue weighted by atomic mass is 10.4. The van der Waals surface area contributed by atoms with Crippen LogP contribution in [0.2, 0.25) is 0 Å². The summed E-state index contributed by atoms with van der Waals surface area (Å²) in [6.07, 6.45) is 4.81. The third-order valence-corrected chi connectivity index (χ3v) is 2.11. The number of hydrogen-bond acceptors (Lipinski definition) is 4. The second kappa shape index (κ2) is 7.10. The average Bonchev–Trinajstić information content (AvgIpc) is 2.30. The van der Waals surface area contributed by atoms with Crippen LogP contribution in [-0.4, -0.2) is 56.9 Å². The van der Waals surface area contributed by atoms with Crippen LogP contribution >= 0.6 is 0 Å². The number of piperazine rings is 1. The van der Waals surface area contributed by atoms with Gasteiger partial charge in [0.25, 0.3) is 0 Å². The topological polar surface area (TPSA) is 53.6 Å². The summed E-state index contributed by atoms with van der Waals surface area (Å²) in [5.41, 5.74) is 0. The first-order chi connectivity index (χ1) is 7.34. The fourth-order valence-electron chi connectivity index (χ4n) is 1.31. The molecule has 1 rings (SSSR count). The molecule has 1 aliphatic heterocycles. The molecule has 0 unspecified atom stereocenters. The highest BCUT2D eigenvalue weighted by atomic mass is 16.6. The molecule has 0 atom stereocenters. The summed E-state index contributed by atoms with van der Waals surface area (Å²) < 4.78 is 5.06. The lowest BCUT2D eigenvalue weighted by Crippen LogP contribution is -2.46. The van der Waals surface area contributed by atoms with Crippen molar-refractivity contribution >= 4 is 6.09 Å². The first-order valence-corrected chi connectivity index (χ1v) is 5.11. The molecule has 5 nitrogen and oxygen atoms in total. The molecule has 2 N–H and O–H groups in total. The fourth-order valence-corrected chi connectivity index (χ4v) is 1.31. The Labute approximate surface area is 90.2 Å². The zero-order valence-corrected chi connectivity index (χ0v) is 8.79. The van der Waals surface area contributed by atoms with Gasteiger partial charge >= 0.3 is 6.09 Å². The van der Waals surface area contributed by atoms with E-state index in [1.54, 1.807) is 4.90 Å². The zero-order chi connectivity index (χ0) is 10.9. The number of amides is 1. The number of rotatable bonds is 4. The maximum atomic E-state index is 11.4. The van der Waals surface area contributed by atoms with Crippen molar-refractivity contribution in [3.8, 4) is 12.3 Å². The maximum Gasteiger partial charge on any atom is 0.409 e. The lowest BCUT2D eigenvalue weighted by Gasteiger charge is -2.26. The fraction of sp³-hybridized carbons (Fsp3) is 0.700. The molecule has 1 aliphatic rings. The van der Waals surface area contributed by atoms with E-state index >= 15 is 0 Å². The van der Waals surface area contributed by atoms with E-state index < -0.39 is 0 Å². The molecular formula is C10H17N3O2. The first-order valence-electron chi connectivity index (χ1n) is 5.11. The van der Waals surface area contributed by atoms with E-state index in [0.29, 0.717) is 19.7 Å². The average molecular weight is 211 g/mol. The summed E-state index contributed by atoms with van der Waals surface area (Å²) in [6.45, 7) is 4.58. The van der Waals surface area contributed by atoms with Gasteiger partial charge in [0.05, 0.1) is 6.54 Å². The van der Waals surface area contributed by atoms with E-state index in [1.807, 2.05) is 0 Å². The van der Waals surface area contributed by atoms with Gasteiger partial charge in [-0.1, -0.05) is 5.92 Å². The van der Waals surface area contributed by atoms with Gasteiger partial charge < -0.3 is 20.3 Å². The maximum absolute atomic E-state index is 11.4. The Bertz CT molecular complexity index is 231. The molecule has 15 heavy (non-hydrogen) atoms. The molecule has 0 saturated carbocycles. The smallest absolute Gasteiger partial charge is 0.409 e. The highest BCUT2D eigenvalue weighted by molar-refractivity contribution is 5.67. The Balaban J connectivity index is 2.05. The highest BCUT2D eigenvalue weighted by Crippen LogP contribution is 1.95. The minimum Gasteiger partial charge on any atom is -0.448 e. The van der Waals surface area contributed by atoms with E-state index in [-0.39, 0.29) is 6.09 Å².